The monoisotopic (exact) mass is 662 g/mol. The van der Waals surface area contributed by atoms with Crippen molar-refractivity contribution in [3.8, 4) is 11.5 Å². The lowest BCUT2D eigenvalue weighted by Crippen LogP contribution is -2.12. The van der Waals surface area contributed by atoms with Crippen molar-refractivity contribution in [1.29, 1.82) is 0 Å². The summed E-state index contributed by atoms with van der Waals surface area (Å²) < 4.78 is 20.5. The van der Waals surface area contributed by atoms with Crippen molar-refractivity contribution >= 4 is 23.9 Å². The van der Waals surface area contributed by atoms with Crippen LogP contribution in [0.15, 0.2) is 98.1 Å². The number of ether oxygens (including phenoxy) is 4. The first-order chi connectivity index (χ1) is 23.4. The van der Waals surface area contributed by atoms with Gasteiger partial charge in [0, 0.05) is 18.9 Å². The van der Waals surface area contributed by atoms with E-state index in [1.807, 2.05) is 12.1 Å². The summed E-state index contributed by atoms with van der Waals surface area (Å²) >= 11 is 0. The van der Waals surface area contributed by atoms with Gasteiger partial charge in [0.2, 0.25) is 0 Å². The van der Waals surface area contributed by atoms with Crippen LogP contribution in [0.1, 0.15) is 39.9 Å². The SMILES string of the molecule is C=CCOOCCC(=O)OCCc1ccc(OC(=O)c2ccc(COOc3ccc(CCOC(=O)CCOC(=O)C=C)cc3)cc2)cc1. The van der Waals surface area contributed by atoms with Gasteiger partial charge in [-0.2, -0.15) is 4.89 Å². The van der Waals surface area contributed by atoms with Gasteiger partial charge in [-0.05, 0) is 53.1 Å². The molecule has 0 bridgehead atoms. The van der Waals surface area contributed by atoms with E-state index in [9.17, 15) is 19.2 Å². The quantitative estimate of drug-likeness (QED) is 0.0203. The Balaban J connectivity index is 1.30. The third-order valence-electron chi connectivity index (χ3n) is 6.31. The third kappa shape index (κ3) is 14.9. The number of hydrogen-bond donors (Lipinski definition) is 0. The minimum absolute atomic E-state index is 0.0265. The van der Waals surface area contributed by atoms with Crippen molar-refractivity contribution < 1.29 is 57.7 Å². The molecule has 0 saturated heterocycles. The van der Waals surface area contributed by atoms with E-state index in [0.717, 1.165) is 22.8 Å². The molecule has 254 valence electrons. The van der Waals surface area contributed by atoms with Crippen LogP contribution in [0.25, 0.3) is 0 Å². The molecule has 0 N–H and O–H groups in total. The molecule has 0 aromatic heterocycles. The Morgan fingerprint density at radius 2 is 1.15 bits per heavy atom. The summed E-state index contributed by atoms with van der Waals surface area (Å²) in [5.74, 6) is -1.07. The summed E-state index contributed by atoms with van der Waals surface area (Å²) in [6, 6.07) is 20.8. The second kappa shape index (κ2) is 21.5. The Kier molecular flexibility index (Phi) is 16.6. The molecule has 0 amide bonds. The zero-order valence-corrected chi connectivity index (χ0v) is 26.5. The standard InChI is InChI=1S/C36H38O12/c1-3-21-44-45-25-20-35(39)43-23-17-27-7-13-31(14-8-27)47-36(40)30-11-5-29(6-12-30)26-46-48-32-15-9-28(10-16-32)18-22-42-34(38)19-24-41-33(37)4-2/h3-16H,1-2,17-26H2. The third-order valence-corrected chi connectivity index (χ3v) is 6.31. The zero-order chi connectivity index (χ0) is 34.4. The molecular formula is C36H38O12. The zero-order valence-electron chi connectivity index (χ0n) is 26.5. The molecule has 0 radical (unpaired) electrons. The van der Waals surface area contributed by atoms with Crippen molar-refractivity contribution in [2.24, 2.45) is 0 Å². The second-order valence-electron chi connectivity index (χ2n) is 9.93. The van der Waals surface area contributed by atoms with Crippen LogP contribution in [-0.2, 0) is 62.7 Å². The normalized spacial score (nSPS) is 10.4. The number of benzene rings is 3. The van der Waals surface area contributed by atoms with E-state index < -0.39 is 23.9 Å². The predicted molar refractivity (Wildman–Crippen MR) is 172 cm³/mol. The molecule has 0 atom stereocenters. The Hall–Kier alpha value is -5.30. The Morgan fingerprint density at radius 3 is 1.73 bits per heavy atom. The number of carbonyl (C=O) groups is 4. The first-order valence-electron chi connectivity index (χ1n) is 15.1. The molecule has 0 aliphatic carbocycles. The van der Waals surface area contributed by atoms with Crippen LogP contribution in [0.4, 0.5) is 0 Å². The number of carbonyl (C=O) groups excluding carboxylic acids is 4. The van der Waals surface area contributed by atoms with Crippen molar-refractivity contribution in [2.45, 2.75) is 32.3 Å². The van der Waals surface area contributed by atoms with Gasteiger partial charge in [0.05, 0.1) is 38.2 Å². The lowest BCUT2D eigenvalue weighted by molar-refractivity contribution is -0.286. The predicted octanol–water partition coefficient (Wildman–Crippen LogP) is 5.23. The van der Waals surface area contributed by atoms with Gasteiger partial charge >= 0.3 is 23.9 Å². The molecule has 12 nitrogen and oxygen atoms in total. The van der Waals surface area contributed by atoms with E-state index in [4.69, 9.17) is 38.5 Å². The number of hydrogen-bond acceptors (Lipinski definition) is 12. The fraction of sp³-hybridized carbons (Fsp3) is 0.278. The summed E-state index contributed by atoms with van der Waals surface area (Å²) in [4.78, 5) is 67.2. The van der Waals surface area contributed by atoms with E-state index in [-0.39, 0.29) is 52.5 Å². The van der Waals surface area contributed by atoms with Crippen molar-refractivity contribution in [3.63, 3.8) is 0 Å². The average molecular weight is 663 g/mol. The molecule has 0 aliphatic rings. The maximum Gasteiger partial charge on any atom is 0.343 e. The highest BCUT2D eigenvalue weighted by molar-refractivity contribution is 5.91. The molecule has 0 saturated carbocycles. The molecule has 0 spiro atoms. The summed E-state index contributed by atoms with van der Waals surface area (Å²) in [7, 11) is 0. The van der Waals surface area contributed by atoms with E-state index in [0.29, 0.717) is 29.9 Å². The molecule has 0 fully saturated rings. The Morgan fingerprint density at radius 1 is 0.583 bits per heavy atom. The molecule has 3 aromatic carbocycles. The topological polar surface area (TPSA) is 142 Å². The van der Waals surface area contributed by atoms with Crippen LogP contribution in [0.5, 0.6) is 11.5 Å². The first kappa shape index (κ1) is 37.2. The molecule has 0 heterocycles. The molecule has 0 unspecified atom stereocenters. The van der Waals surface area contributed by atoms with Gasteiger partial charge in [-0.25, -0.2) is 19.4 Å². The molecule has 3 rings (SSSR count). The fourth-order valence-electron chi connectivity index (χ4n) is 3.79. The van der Waals surface area contributed by atoms with Crippen LogP contribution in [-0.4, -0.2) is 56.9 Å². The molecule has 48 heavy (non-hydrogen) atoms. The Bertz CT molecular complexity index is 1460. The lowest BCUT2D eigenvalue weighted by Gasteiger charge is -2.08. The summed E-state index contributed by atoms with van der Waals surface area (Å²) in [5, 5.41) is 0. The smallest absolute Gasteiger partial charge is 0.343 e. The minimum Gasteiger partial charge on any atom is -0.465 e. The number of esters is 4. The maximum atomic E-state index is 12.6. The van der Waals surface area contributed by atoms with Crippen LogP contribution < -0.4 is 9.62 Å². The molecule has 3 aromatic rings. The van der Waals surface area contributed by atoms with Crippen molar-refractivity contribution in [1.82, 2.24) is 0 Å². The summed E-state index contributed by atoms with van der Waals surface area (Å²) in [6.45, 7) is 7.59. The largest absolute Gasteiger partial charge is 0.465 e. The van der Waals surface area contributed by atoms with Gasteiger partial charge in [0.15, 0.2) is 5.75 Å². The minimum atomic E-state index is -0.587. The van der Waals surface area contributed by atoms with E-state index >= 15 is 0 Å². The van der Waals surface area contributed by atoms with E-state index in [2.05, 4.69) is 13.2 Å². The highest BCUT2D eigenvalue weighted by atomic mass is 17.2. The van der Waals surface area contributed by atoms with Gasteiger partial charge in [0.1, 0.15) is 25.6 Å². The maximum absolute atomic E-state index is 12.6. The summed E-state index contributed by atoms with van der Waals surface area (Å²) in [6.07, 6.45) is 3.62. The highest BCUT2D eigenvalue weighted by Gasteiger charge is 2.10. The van der Waals surface area contributed by atoms with Crippen LogP contribution in [0, 0.1) is 0 Å². The second-order valence-corrected chi connectivity index (χ2v) is 9.93. The van der Waals surface area contributed by atoms with Gasteiger partial charge in [-0.1, -0.05) is 49.1 Å². The Labute approximate surface area is 278 Å². The van der Waals surface area contributed by atoms with Gasteiger partial charge in [-0.15, -0.1) is 6.58 Å². The van der Waals surface area contributed by atoms with Gasteiger partial charge < -0.3 is 23.8 Å². The number of rotatable bonds is 22. The lowest BCUT2D eigenvalue weighted by atomic mass is 10.1. The van der Waals surface area contributed by atoms with Crippen molar-refractivity contribution in [3.05, 3.63) is 120 Å². The van der Waals surface area contributed by atoms with Gasteiger partial charge in [-0.3, -0.25) is 9.59 Å². The molecule has 12 heteroatoms. The molecular weight excluding hydrogens is 624 g/mol. The average Bonchev–Trinajstić information content (AvgIpc) is 3.10. The highest BCUT2D eigenvalue weighted by Crippen LogP contribution is 2.17. The van der Waals surface area contributed by atoms with E-state index in [1.165, 1.54) is 6.08 Å². The first-order valence-corrected chi connectivity index (χ1v) is 15.1. The summed E-state index contributed by atoms with van der Waals surface area (Å²) in [5.41, 5.74) is 2.99. The van der Waals surface area contributed by atoms with E-state index in [1.54, 1.807) is 60.7 Å². The van der Waals surface area contributed by atoms with Crippen LogP contribution in [0.3, 0.4) is 0 Å². The van der Waals surface area contributed by atoms with Gasteiger partial charge in [0.25, 0.3) is 0 Å². The van der Waals surface area contributed by atoms with Crippen LogP contribution in [0.2, 0.25) is 0 Å². The van der Waals surface area contributed by atoms with Crippen molar-refractivity contribution in [2.75, 3.05) is 33.0 Å². The molecule has 0 aliphatic heterocycles. The van der Waals surface area contributed by atoms with Crippen LogP contribution >= 0.6 is 0 Å². The fourth-order valence-corrected chi connectivity index (χ4v) is 3.79.